The van der Waals surface area contributed by atoms with Gasteiger partial charge in [0.1, 0.15) is 0 Å². The normalized spacial score (nSPS) is 16.3. The molecule has 1 aromatic rings. The smallest absolute Gasteiger partial charge is 0.400 e. The molecule has 0 aromatic heterocycles. The summed E-state index contributed by atoms with van der Waals surface area (Å²) in [5, 5.41) is 0. The quantitative estimate of drug-likeness (QED) is 0.167. The Morgan fingerprint density at radius 2 is 1.35 bits per heavy atom. The molecular formula is C24H43F2O5PSSi. The maximum absolute atomic E-state index is 16.1. The fraction of sp³-hybridized carbons (Fsp3) is 0.750. The first kappa shape index (κ1) is 31.6. The van der Waals surface area contributed by atoms with Gasteiger partial charge < -0.3 is 13.5 Å². The summed E-state index contributed by atoms with van der Waals surface area (Å²) >= 11 is 0. The molecule has 0 saturated heterocycles. The van der Waals surface area contributed by atoms with Crippen molar-refractivity contribution >= 4 is 26.7 Å². The highest BCUT2D eigenvalue weighted by Crippen LogP contribution is 2.65. The first-order chi connectivity index (χ1) is 15.7. The SMILES string of the molecule is CCOP(=O)(OCC)C(F)(F)C(CS(=O)c1ccccc1)[C@H](C)O[Si](C(C)C)(C(C)C)C(C)C. The van der Waals surface area contributed by atoms with Crippen molar-refractivity contribution in [2.24, 2.45) is 5.92 Å². The molecule has 0 amide bonds. The van der Waals surface area contributed by atoms with Gasteiger partial charge in [0, 0.05) is 10.6 Å². The van der Waals surface area contributed by atoms with E-state index in [9.17, 15) is 8.77 Å². The van der Waals surface area contributed by atoms with Crippen LogP contribution in [0.4, 0.5) is 8.78 Å². The topological polar surface area (TPSA) is 61.8 Å². The maximum atomic E-state index is 16.1. The second-order valence-corrected chi connectivity index (χ2v) is 18.5. The van der Waals surface area contributed by atoms with Crippen LogP contribution in [0.5, 0.6) is 0 Å². The van der Waals surface area contributed by atoms with Crippen LogP contribution in [0, 0.1) is 5.92 Å². The van der Waals surface area contributed by atoms with Crippen molar-refractivity contribution in [2.75, 3.05) is 19.0 Å². The monoisotopic (exact) mass is 540 g/mol. The molecule has 1 aromatic carbocycles. The van der Waals surface area contributed by atoms with Crippen LogP contribution in [0.15, 0.2) is 35.2 Å². The van der Waals surface area contributed by atoms with Crippen LogP contribution in [0.2, 0.25) is 16.6 Å². The second-order valence-electron chi connectivity index (χ2n) is 9.49. The van der Waals surface area contributed by atoms with Crippen molar-refractivity contribution < 1.29 is 31.0 Å². The van der Waals surface area contributed by atoms with Gasteiger partial charge in [-0.25, -0.2) is 0 Å². The van der Waals surface area contributed by atoms with E-state index in [1.165, 1.54) is 13.8 Å². The highest BCUT2D eigenvalue weighted by Gasteiger charge is 2.61. The number of alkyl halides is 2. The van der Waals surface area contributed by atoms with Gasteiger partial charge in [-0.2, -0.15) is 8.78 Å². The minimum Gasteiger partial charge on any atom is -0.413 e. The third kappa shape index (κ3) is 6.86. The molecule has 0 spiro atoms. The zero-order valence-corrected chi connectivity index (χ0v) is 24.8. The Morgan fingerprint density at radius 1 is 0.912 bits per heavy atom. The van der Waals surface area contributed by atoms with Gasteiger partial charge in [-0.3, -0.25) is 8.77 Å². The molecule has 5 nitrogen and oxygen atoms in total. The fourth-order valence-electron chi connectivity index (χ4n) is 4.91. The summed E-state index contributed by atoms with van der Waals surface area (Å²) < 4.78 is 75.5. The first-order valence-corrected chi connectivity index (χ1v) is 17.1. The molecule has 34 heavy (non-hydrogen) atoms. The third-order valence-electron chi connectivity index (χ3n) is 6.41. The number of rotatable bonds is 15. The Morgan fingerprint density at radius 3 is 1.74 bits per heavy atom. The molecule has 0 heterocycles. The van der Waals surface area contributed by atoms with Gasteiger partial charge in [-0.15, -0.1) is 0 Å². The van der Waals surface area contributed by atoms with Crippen molar-refractivity contribution in [3.63, 3.8) is 0 Å². The number of benzene rings is 1. The lowest BCUT2D eigenvalue weighted by molar-refractivity contribution is -0.0459. The summed E-state index contributed by atoms with van der Waals surface area (Å²) in [5.41, 5.74) is -3.41. The third-order valence-corrected chi connectivity index (χ3v) is 16.3. The molecule has 3 atom stereocenters. The van der Waals surface area contributed by atoms with Crippen LogP contribution in [0.3, 0.4) is 0 Å². The first-order valence-electron chi connectivity index (χ1n) is 12.1. The fourth-order valence-corrected chi connectivity index (χ4v) is 13.9. The molecule has 0 radical (unpaired) electrons. The van der Waals surface area contributed by atoms with Gasteiger partial charge in [-0.1, -0.05) is 59.7 Å². The van der Waals surface area contributed by atoms with E-state index in [0.717, 1.165) is 0 Å². The lowest BCUT2D eigenvalue weighted by Gasteiger charge is -2.46. The molecule has 0 N–H and O–H groups in total. The Labute approximate surface area is 208 Å². The minimum atomic E-state index is -4.85. The molecule has 0 aliphatic rings. The number of hydrogen-bond acceptors (Lipinski definition) is 5. The Bertz CT molecular complexity index is 791. The van der Waals surface area contributed by atoms with Crippen molar-refractivity contribution in [3.8, 4) is 0 Å². The van der Waals surface area contributed by atoms with Gasteiger partial charge in [0.05, 0.1) is 36.0 Å². The van der Waals surface area contributed by atoms with E-state index in [1.807, 2.05) is 0 Å². The summed E-state index contributed by atoms with van der Waals surface area (Å²) in [6.45, 7) is 16.6. The predicted octanol–water partition coefficient (Wildman–Crippen LogP) is 7.85. The van der Waals surface area contributed by atoms with E-state index in [0.29, 0.717) is 4.90 Å². The summed E-state index contributed by atoms with van der Waals surface area (Å²) in [5.74, 6) is -2.07. The zero-order valence-electron chi connectivity index (χ0n) is 22.0. The van der Waals surface area contributed by atoms with E-state index in [2.05, 4.69) is 41.5 Å². The number of halogens is 2. The van der Waals surface area contributed by atoms with Crippen LogP contribution >= 0.6 is 7.60 Å². The summed E-state index contributed by atoms with van der Waals surface area (Å²) in [6.07, 6.45) is -1.02. The van der Waals surface area contributed by atoms with E-state index >= 15 is 8.78 Å². The van der Waals surface area contributed by atoms with Gasteiger partial charge in [0.2, 0.25) is 8.32 Å². The van der Waals surface area contributed by atoms with Crippen molar-refractivity contribution in [3.05, 3.63) is 30.3 Å². The molecule has 0 saturated carbocycles. The number of hydrogen-bond donors (Lipinski definition) is 0. The maximum Gasteiger partial charge on any atom is 0.400 e. The molecule has 198 valence electrons. The van der Waals surface area contributed by atoms with Crippen LogP contribution in [-0.2, 0) is 28.8 Å². The molecule has 10 heteroatoms. The van der Waals surface area contributed by atoms with Gasteiger partial charge in [-0.05, 0) is 49.5 Å². The summed E-state index contributed by atoms with van der Waals surface area (Å²) in [6, 6.07) is 8.46. The summed E-state index contributed by atoms with van der Waals surface area (Å²) in [4.78, 5) is 0.429. The highest BCUT2D eigenvalue weighted by atomic mass is 32.2. The summed E-state index contributed by atoms with van der Waals surface area (Å²) in [7, 11) is -9.17. The predicted molar refractivity (Wildman–Crippen MR) is 139 cm³/mol. The van der Waals surface area contributed by atoms with E-state index in [1.54, 1.807) is 37.3 Å². The van der Waals surface area contributed by atoms with Crippen molar-refractivity contribution in [1.29, 1.82) is 0 Å². The lowest BCUT2D eigenvalue weighted by atomic mass is 10.1. The minimum absolute atomic E-state index is 0.162. The zero-order chi connectivity index (χ0) is 26.3. The van der Waals surface area contributed by atoms with Gasteiger partial charge in [0.25, 0.3) is 0 Å². The molecular weight excluding hydrogens is 497 g/mol. The molecule has 0 aliphatic carbocycles. The Hall–Kier alpha value is -0.443. The van der Waals surface area contributed by atoms with Gasteiger partial charge in [0.15, 0.2) is 0 Å². The molecule has 1 rings (SSSR count). The van der Waals surface area contributed by atoms with Crippen molar-refractivity contribution in [1.82, 2.24) is 0 Å². The highest BCUT2D eigenvalue weighted by molar-refractivity contribution is 7.85. The van der Waals surface area contributed by atoms with Crippen molar-refractivity contribution in [2.45, 2.75) is 95.6 Å². The Kier molecular flexibility index (Phi) is 12.3. The average molecular weight is 541 g/mol. The van der Waals surface area contributed by atoms with Crippen LogP contribution in [0.25, 0.3) is 0 Å². The van der Waals surface area contributed by atoms with Crippen LogP contribution < -0.4 is 0 Å². The molecule has 0 fully saturated rings. The second kappa shape index (κ2) is 13.2. The van der Waals surface area contributed by atoms with Crippen LogP contribution in [0.1, 0.15) is 62.3 Å². The van der Waals surface area contributed by atoms with Crippen LogP contribution in [-0.4, -0.2) is 43.3 Å². The molecule has 0 aliphatic heterocycles. The molecule has 0 bridgehead atoms. The van der Waals surface area contributed by atoms with E-state index < -0.39 is 50.2 Å². The lowest BCUT2D eigenvalue weighted by Crippen LogP contribution is -2.53. The largest absolute Gasteiger partial charge is 0.413 e. The van der Waals surface area contributed by atoms with E-state index in [-0.39, 0.29) is 29.8 Å². The Balaban J connectivity index is 3.57. The molecule has 2 unspecified atom stereocenters. The van der Waals surface area contributed by atoms with Gasteiger partial charge >= 0.3 is 13.3 Å². The standard InChI is InChI=1S/C24H43F2O5PSSi/c1-10-29-32(27,30-11-2)24(25,26)23(17-33(28)22-15-13-12-14-16-22)21(9)31-34(18(3)4,19(5)6)20(7)8/h12-16,18-21,23H,10-11,17H2,1-9H3/t21-,23?,33?/m0/s1. The van der Waals surface area contributed by atoms with E-state index in [4.69, 9.17) is 13.5 Å². The average Bonchev–Trinajstić information content (AvgIpc) is 2.75.